The highest BCUT2D eigenvalue weighted by molar-refractivity contribution is 4.93. The van der Waals surface area contributed by atoms with Crippen molar-refractivity contribution in [3.63, 3.8) is 0 Å². The van der Waals surface area contributed by atoms with Gasteiger partial charge in [0.1, 0.15) is 5.60 Å². The van der Waals surface area contributed by atoms with Crippen LogP contribution in [-0.4, -0.2) is 5.60 Å². The zero-order chi connectivity index (χ0) is 11.0. The summed E-state index contributed by atoms with van der Waals surface area (Å²) in [4.78, 5) is 0. The van der Waals surface area contributed by atoms with Gasteiger partial charge in [-0.1, -0.05) is 0 Å². The van der Waals surface area contributed by atoms with Gasteiger partial charge in [0, 0.05) is 20.8 Å². The predicted octanol–water partition coefficient (Wildman–Crippen LogP) is 2.50. The van der Waals surface area contributed by atoms with Crippen molar-refractivity contribution in [2.24, 2.45) is 0 Å². The molecule has 1 heterocycles. The van der Waals surface area contributed by atoms with Crippen molar-refractivity contribution >= 4 is 0 Å². The van der Waals surface area contributed by atoms with Crippen LogP contribution < -0.4 is 9.30 Å². The number of nitrogens with zero attached hydrogens (tertiary/aromatic N) is 1. The maximum atomic E-state index is 5.59. The number of hydrogen-bond donors (Lipinski definition) is 0. The molecule has 0 atom stereocenters. The third-order valence-electron chi connectivity index (χ3n) is 1.71. The molecular weight excluding hydrogens is 178 g/mol. The van der Waals surface area contributed by atoms with E-state index in [4.69, 9.17) is 9.15 Å². The van der Waals surface area contributed by atoms with Crippen LogP contribution in [0, 0.1) is 0 Å². The summed E-state index contributed by atoms with van der Waals surface area (Å²) < 4.78 is 12.9. The predicted molar refractivity (Wildman–Crippen MR) is 54.3 cm³/mol. The molecule has 14 heavy (non-hydrogen) atoms. The van der Waals surface area contributed by atoms with Gasteiger partial charge in [-0.05, 0) is 20.8 Å². The molecule has 0 amide bonds. The Labute approximate surface area is 85.7 Å². The highest BCUT2D eigenvalue weighted by Gasteiger charge is 2.26. The number of ether oxygens (including phenoxy) is 1. The van der Waals surface area contributed by atoms with E-state index in [1.807, 2.05) is 31.5 Å². The van der Waals surface area contributed by atoms with E-state index >= 15 is 0 Å². The van der Waals surface area contributed by atoms with E-state index in [0.29, 0.717) is 5.95 Å². The fourth-order valence-electron chi connectivity index (χ4n) is 0.987. The van der Waals surface area contributed by atoms with Gasteiger partial charge in [0.05, 0.1) is 0 Å². The molecule has 0 fully saturated rings. The van der Waals surface area contributed by atoms with Crippen LogP contribution in [0.3, 0.4) is 0 Å². The van der Waals surface area contributed by atoms with Crippen LogP contribution in [0.5, 0.6) is 5.95 Å². The van der Waals surface area contributed by atoms with E-state index in [2.05, 4.69) is 20.8 Å². The summed E-state index contributed by atoms with van der Waals surface area (Å²) in [5, 5.41) is 0. The molecule has 0 N–H and O–H groups in total. The molecule has 80 valence electrons. The largest absolute Gasteiger partial charge is 0.455 e. The Hall–Kier alpha value is -0.990. The van der Waals surface area contributed by atoms with Crippen LogP contribution in [0.25, 0.3) is 0 Å². The van der Waals surface area contributed by atoms with Gasteiger partial charge in [-0.2, -0.15) is 4.57 Å². The van der Waals surface area contributed by atoms with Gasteiger partial charge in [-0.25, -0.2) is 0 Å². The molecule has 3 heteroatoms. The van der Waals surface area contributed by atoms with E-state index < -0.39 is 0 Å². The molecule has 0 aliphatic heterocycles. The summed E-state index contributed by atoms with van der Waals surface area (Å²) in [5.41, 5.74) is -0.184. The summed E-state index contributed by atoms with van der Waals surface area (Å²) in [6.07, 6.45) is 3.56. The monoisotopic (exact) mass is 198 g/mol. The number of aromatic nitrogens is 1. The van der Waals surface area contributed by atoms with E-state index in [1.165, 1.54) is 0 Å². The SMILES string of the molecule is CC(C)(C)Oc1c[n+](C(C)(C)C)co1. The Morgan fingerprint density at radius 1 is 1.14 bits per heavy atom. The van der Waals surface area contributed by atoms with Gasteiger partial charge in [0.25, 0.3) is 6.20 Å². The number of hydrogen-bond acceptors (Lipinski definition) is 2. The summed E-state index contributed by atoms with van der Waals surface area (Å²) in [5.74, 6) is 0.562. The molecule has 0 radical (unpaired) electrons. The van der Waals surface area contributed by atoms with E-state index in [1.54, 1.807) is 6.39 Å². The lowest BCUT2D eigenvalue weighted by Crippen LogP contribution is -2.48. The van der Waals surface area contributed by atoms with Crippen LogP contribution in [0.1, 0.15) is 41.5 Å². The lowest BCUT2D eigenvalue weighted by Gasteiger charge is -2.17. The zero-order valence-corrected chi connectivity index (χ0v) is 9.92. The topological polar surface area (TPSA) is 26.2 Å². The first kappa shape index (κ1) is 11.1. The first-order valence-electron chi connectivity index (χ1n) is 4.88. The molecule has 1 aromatic heterocycles. The van der Waals surface area contributed by atoms with Crippen molar-refractivity contribution < 1.29 is 13.7 Å². The Morgan fingerprint density at radius 3 is 2.07 bits per heavy atom. The van der Waals surface area contributed by atoms with E-state index in [-0.39, 0.29) is 11.1 Å². The van der Waals surface area contributed by atoms with Crippen LogP contribution in [0.15, 0.2) is 17.0 Å². The first-order chi connectivity index (χ1) is 6.18. The van der Waals surface area contributed by atoms with Crippen LogP contribution in [-0.2, 0) is 5.54 Å². The fourth-order valence-corrected chi connectivity index (χ4v) is 0.987. The third kappa shape index (κ3) is 3.05. The van der Waals surface area contributed by atoms with Crippen LogP contribution >= 0.6 is 0 Å². The molecule has 1 rings (SSSR count). The van der Waals surface area contributed by atoms with Gasteiger partial charge < -0.3 is 9.15 Å². The van der Waals surface area contributed by atoms with Gasteiger partial charge in [-0.3, -0.25) is 0 Å². The smallest absolute Gasteiger partial charge is 0.356 e. The second-order valence-electron chi connectivity index (χ2n) is 5.46. The Balaban J connectivity index is 2.79. The van der Waals surface area contributed by atoms with Gasteiger partial charge in [0.15, 0.2) is 5.54 Å². The summed E-state index contributed by atoms with van der Waals surface area (Å²) in [6.45, 7) is 12.3. The summed E-state index contributed by atoms with van der Waals surface area (Å²) in [6, 6.07) is 0. The lowest BCUT2D eigenvalue weighted by molar-refractivity contribution is -0.756. The number of rotatable bonds is 1. The normalized spacial score (nSPS) is 13.0. The molecular formula is C11H20NO2+. The molecule has 0 aliphatic rings. The highest BCUT2D eigenvalue weighted by Crippen LogP contribution is 2.17. The fraction of sp³-hybridized carbons (Fsp3) is 0.727. The Bertz CT molecular complexity index is 302. The Kier molecular flexibility index (Phi) is 2.61. The molecule has 0 aromatic carbocycles. The number of oxazole rings is 1. The maximum Gasteiger partial charge on any atom is 0.356 e. The van der Waals surface area contributed by atoms with Crippen LogP contribution in [0.2, 0.25) is 0 Å². The quantitative estimate of drug-likeness (QED) is 0.648. The van der Waals surface area contributed by atoms with Gasteiger partial charge in [0.2, 0.25) is 0 Å². The van der Waals surface area contributed by atoms with Crippen molar-refractivity contribution in [2.45, 2.75) is 52.7 Å². The molecule has 0 saturated heterocycles. The highest BCUT2D eigenvalue weighted by atomic mass is 16.6. The molecule has 1 aromatic rings. The average Bonchev–Trinajstić information content (AvgIpc) is 2.29. The van der Waals surface area contributed by atoms with Gasteiger partial charge >= 0.3 is 12.3 Å². The molecule has 0 saturated carbocycles. The standard InChI is InChI=1S/C11H20NO2/c1-10(2,3)12-7-9(13-8-12)14-11(4,5)6/h7-8H,1-6H3/q+1. The minimum Gasteiger partial charge on any atom is -0.455 e. The van der Waals surface area contributed by atoms with E-state index in [9.17, 15) is 0 Å². The minimum absolute atomic E-state index is 0.0307. The first-order valence-corrected chi connectivity index (χ1v) is 4.88. The molecule has 0 unspecified atom stereocenters. The summed E-state index contributed by atoms with van der Waals surface area (Å²) in [7, 11) is 0. The van der Waals surface area contributed by atoms with Crippen molar-refractivity contribution in [2.75, 3.05) is 0 Å². The molecule has 3 nitrogen and oxygen atoms in total. The molecule has 0 bridgehead atoms. The molecule has 0 aliphatic carbocycles. The van der Waals surface area contributed by atoms with Crippen molar-refractivity contribution in [3.8, 4) is 5.95 Å². The average molecular weight is 198 g/mol. The second-order valence-corrected chi connectivity index (χ2v) is 5.46. The maximum absolute atomic E-state index is 5.59. The minimum atomic E-state index is -0.215. The lowest BCUT2D eigenvalue weighted by atomic mass is 10.1. The third-order valence-corrected chi connectivity index (χ3v) is 1.71. The summed E-state index contributed by atoms with van der Waals surface area (Å²) >= 11 is 0. The van der Waals surface area contributed by atoms with Crippen LogP contribution in [0.4, 0.5) is 0 Å². The van der Waals surface area contributed by atoms with E-state index in [0.717, 1.165) is 0 Å². The van der Waals surface area contributed by atoms with Gasteiger partial charge in [-0.15, -0.1) is 0 Å². The molecule has 0 spiro atoms. The zero-order valence-electron chi connectivity index (χ0n) is 9.92. The van der Waals surface area contributed by atoms with Crippen molar-refractivity contribution in [1.82, 2.24) is 0 Å². The van der Waals surface area contributed by atoms with Crippen molar-refractivity contribution in [3.05, 3.63) is 12.6 Å². The second kappa shape index (κ2) is 3.30. The Morgan fingerprint density at radius 2 is 1.71 bits per heavy atom. The van der Waals surface area contributed by atoms with Crippen molar-refractivity contribution in [1.29, 1.82) is 0 Å².